The van der Waals surface area contributed by atoms with Crippen molar-refractivity contribution >= 4 is 22.6 Å². The van der Waals surface area contributed by atoms with Crippen molar-refractivity contribution in [3.8, 4) is 11.1 Å². The van der Waals surface area contributed by atoms with Crippen LogP contribution in [0.4, 0.5) is 0 Å². The fourth-order valence-corrected chi connectivity index (χ4v) is 2.99. The van der Waals surface area contributed by atoms with E-state index in [1.54, 1.807) is 0 Å². The zero-order valence-electron chi connectivity index (χ0n) is 7.63. The Kier molecular flexibility index (Phi) is 1.87. The minimum atomic E-state index is 1.10. The van der Waals surface area contributed by atoms with Crippen LogP contribution in [0.15, 0.2) is 42.5 Å². The minimum Gasteiger partial charge on any atom is -0.0619 e. The molecule has 1 aliphatic rings. The van der Waals surface area contributed by atoms with Crippen LogP contribution in [0.5, 0.6) is 0 Å². The molecule has 0 unspecified atom stereocenters. The predicted octanol–water partition coefficient (Wildman–Crippen LogP) is 3.86. The van der Waals surface area contributed by atoms with E-state index in [4.69, 9.17) is 0 Å². The zero-order valence-corrected chi connectivity index (χ0v) is 9.78. The van der Waals surface area contributed by atoms with Crippen molar-refractivity contribution in [3.63, 3.8) is 0 Å². The van der Waals surface area contributed by atoms with Crippen molar-refractivity contribution in [2.24, 2.45) is 0 Å². The van der Waals surface area contributed by atoms with Crippen LogP contribution in [0, 0.1) is 3.57 Å². The molecule has 0 radical (unpaired) electrons. The zero-order chi connectivity index (χ0) is 9.54. The Morgan fingerprint density at radius 1 is 0.857 bits per heavy atom. The topological polar surface area (TPSA) is 0 Å². The molecule has 0 aliphatic heterocycles. The summed E-state index contributed by atoms with van der Waals surface area (Å²) in [5.74, 6) is 0. The summed E-state index contributed by atoms with van der Waals surface area (Å²) in [6, 6.07) is 15.3. The van der Waals surface area contributed by atoms with E-state index in [1.165, 1.54) is 25.8 Å². The second-order valence-corrected chi connectivity index (χ2v) is 4.77. The van der Waals surface area contributed by atoms with E-state index < -0.39 is 0 Å². The van der Waals surface area contributed by atoms with E-state index in [0.717, 1.165) is 6.42 Å². The average Bonchev–Trinajstić information content (AvgIpc) is 2.57. The summed E-state index contributed by atoms with van der Waals surface area (Å²) < 4.78 is 1.37. The Balaban J connectivity index is 2.35. The molecule has 0 saturated heterocycles. The molecule has 0 saturated carbocycles. The first kappa shape index (κ1) is 8.48. The first-order valence-electron chi connectivity index (χ1n) is 4.72. The molecule has 14 heavy (non-hydrogen) atoms. The summed E-state index contributed by atoms with van der Waals surface area (Å²) in [6.07, 6.45) is 1.10. The molecule has 0 N–H and O–H groups in total. The van der Waals surface area contributed by atoms with Gasteiger partial charge in [-0.3, -0.25) is 0 Å². The summed E-state index contributed by atoms with van der Waals surface area (Å²) in [4.78, 5) is 0. The van der Waals surface area contributed by atoms with Gasteiger partial charge in [-0.2, -0.15) is 0 Å². The lowest BCUT2D eigenvalue weighted by Crippen LogP contribution is -1.81. The van der Waals surface area contributed by atoms with Gasteiger partial charge in [0.05, 0.1) is 0 Å². The Morgan fingerprint density at radius 2 is 1.64 bits per heavy atom. The van der Waals surface area contributed by atoms with Gasteiger partial charge in [0.25, 0.3) is 0 Å². The molecular weight excluding hydrogens is 283 g/mol. The molecule has 0 bridgehead atoms. The van der Waals surface area contributed by atoms with E-state index in [9.17, 15) is 0 Å². The monoisotopic (exact) mass is 292 g/mol. The highest BCUT2D eigenvalue weighted by Gasteiger charge is 2.19. The molecule has 0 heterocycles. The average molecular weight is 292 g/mol. The predicted molar refractivity (Wildman–Crippen MR) is 67.4 cm³/mol. The minimum absolute atomic E-state index is 1.10. The first-order chi connectivity index (χ1) is 6.86. The molecule has 0 nitrogen and oxygen atoms in total. The number of hydrogen-bond acceptors (Lipinski definition) is 0. The van der Waals surface area contributed by atoms with E-state index in [0.29, 0.717) is 0 Å². The maximum atomic E-state index is 2.42. The molecule has 0 amide bonds. The Morgan fingerprint density at radius 3 is 2.57 bits per heavy atom. The van der Waals surface area contributed by atoms with E-state index >= 15 is 0 Å². The highest BCUT2D eigenvalue weighted by atomic mass is 127. The molecule has 1 heteroatoms. The second-order valence-electron chi connectivity index (χ2n) is 3.61. The SMILES string of the molecule is Ic1cccc2c1-c1ccccc1C2. The molecule has 3 rings (SSSR count). The van der Waals surface area contributed by atoms with Gasteiger partial charge in [-0.15, -0.1) is 0 Å². The number of benzene rings is 2. The van der Waals surface area contributed by atoms with Crippen LogP contribution in [0.2, 0.25) is 0 Å². The van der Waals surface area contributed by atoms with Gasteiger partial charge in [0.1, 0.15) is 0 Å². The van der Waals surface area contributed by atoms with E-state index in [2.05, 4.69) is 65.1 Å². The van der Waals surface area contributed by atoms with Crippen molar-refractivity contribution in [1.29, 1.82) is 0 Å². The van der Waals surface area contributed by atoms with Crippen LogP contribution < -0.4 is 0 Å². The fourth-order valence-electron chi connectivity index (χ4n) is 2.14. The molecule has 0 spiro atoms. The smallest absolute Gasteiger partial charge is 0.0211 e. The fraction of sp³-hybridized carbons (Fsp3) is 0.0769. The maximum Gasteiger partial charge on any atom is 0.0211 e. The summed E-state index contributed by atoms with van der Waals surface area (Å²) in [5.41, 5.74) is 5.81. The lowest BCUT2D eigenvalue weighted by Gasteiger charge is -2.02. The number of fused-ring (bicyclic) bond motifs is 3. The molecule has 2 aromatic rings. The Hall–Kier alpha value is -0.830. The lowest BCUT2D eigenvalue weighted by molar-refractivity contribution is 1.26. The summed E-state index contributed by atoms with van der Waals surface area (Å²) in [7, 11) is 0. The number of rotatable bonds is 0. The van der Waals surface area contributed by atoms with Crippen molar-refractivity contribution in [1.82, 2.24) is 0 Å². The van der Waals surface area contributed by atoms with E-state index in [-0.39, 0.29) is 0 Å². The molecule has 0 aromatic heterocycles. The number of halogens is 1. The molecular formula is C13H9I. The van der Waals surface area contributed by atoms with Gasteiger partial charge in [0.15, 0.2) is 0 Å². The number of hydrogen-bond donors (Lipinski definition) is 0. The van der Waals surface area contributed by atoms with Gasteiger partial charge in [-0.05, 0) is 57.3 Å². The lowest BCUT2D eigenvalue weighted by atomic mass is 10.1. The Bertz CT molecular complexity index is 500. The molecule has 1 aliphatic carbocycles. The third-order valence-corrected chi connectivity index (χ3v) is 3.67. The van der Waals surface area contributed by atoms with E-state index in [1.807, 2.05) is 0 Å². The Labute approximate surface area is 97.1 Å². The van der Waals surface area contributed by atoms with Gasteiger partial charge in [-0.25, -0.2) is 0 Å². The van der Waals surface area contributed by atoms with Crippen molar-refractivity contribution in [2.45, 2.75) is 6.42 Å². The second kappa shape index (κ2) is 3.09. The van der Waals surface area contributed by atoms with Gasteiger partial charge < -0.3 is 0 Å². The van der Waals surface area contributed by atoms with Crippen LogP contribution in [0.1, 0.15) is 11.1 Å². The van der Waals surface area contributed by atoms with Crippen LogP contribution in [0.25, 0.3) is 11.1 Å². The van der Waals surface area contributed by atoms with Crippen molar-refractivity contribution in [3.05, 3.63) is 57.2 Å². The summed E-state index contributed by atoms with van der Waals surface area (Å²) in [6.45, 7) is 0. The largest absolute Gasteiger partial charge is 0.0619 e. The highest BCUT2D eigenvalue weighted by molar-refractivity contribution is 14.1. The third kappa shape index (κ3) is 1.12. The summed E-state index contributed by atoms with van der Waals surface area (Å²) in [5, 5.41) is 0. The van der Waals surface area contributed by atoms with Crippen molar-refractivity contribution < 1.29 is 0 Å². The van der Waals surface area contributed by atoms with Crippen LogP contribution in [0.3, 0.4) is 0 Å². The van der Waals surface area contributed by atoms with Crippen LogP contribution in [-0.4, -0.2) is 0 Å². The highest BCUT2D eigenvalue weighted by Crippen LogP contribution is 2.38. The van der Waals surface area contributed by atoms with Crippen LogP contribution >= 0.6 is 22.6 Å². The molecule has 0 atom stereocenters. The maximum absolute atomic E-state index is 2.42. The quantitative estimate of drug-likeness (QED) is 0.552. The van der Waals surface area contributed by atoms with Gasteiger partial charge in [0.2, 0.25) is 0 Å². The first-order valence-corrected chi connectivity index (χ1v) is 5.80. The van der Waals surface area contributed by atoms with Gasteiger partial charge in [-0.1, -0.05) is 36.4 Å². The van der Waals surface area contributed by atoms with Gasteiger partial charge in [0, 0.05) is 3.57 Å². The standard InChI is InChI=1S/C13H9I/c14-12-7-3-5-10-8-9-4-1-2-6-11(9)13(10)12/h1-7H,8H2. The normalized spacial score (nSPS) is 12.4. The van der Waals surface area contributed by atoms with Crippen molar-refractivity contribution in [2.75, 3.05) is 0 Å². The summed E-state index contributed by atoms with van der Waals surface area (Å²) >= 11 is 2.42. The third-order valence-electron chi connectivity index (χ3n) is 2.77. The molecule has 0 fully saturated rings. The molecule has 2 aromatic carbocycles. The van der Waals surface area contributed by atoms with Crippen LogP contribution in [-0.2, 0) is 6.42 Å². The van der Waals surface area contributed by atoms with Gasteiger partial charge >= 0.3 is 0 Å². The molecule has 68 valence electrons.